The van der Waals surface area contributed by atoms with Crippen LogP contribution in [-0.2, 0) is 37.4 Å². The summed E-state index contributed by atoms with van der Waals surface area (Å²) in [5, 5.41) is 0. The Morgan fingerprint density at radius 1 is 1.55 bits per heavy atom. The van der Waals surface area contributed by atoms with Crippen molar-refractivity contribution in [3.63, 3.8) is 0 Å². The minimum absolute atomic E-state index is 0. The largest absolute Gasteiger partial charge is 0.386 e. The Kier molecular flexibility index (Phi) is 5.42. The van der Waals surface area contributed by atoms with Crippen molar-refractivity contribution in [1.82, 2.24) is 0 Å². The molecular formula is C9H16OY-2. The van der Waals surface area contributed by atoms with Crippen LogP contribution in [-0.4, -0.2) is 13.2 Å². The van der Waals surface area contributed by atoms with Crippen LogP contribution in [0.3, 0.4) is 0 Å². The summed E-state index contributed by atoms with van der Waals surface area (Å²) in [5.41, 5.74) is 0.278. The molecule has 0 saturated carbocycles. The van der Waals surface area contributed by atoms with E-state index in [-0.39, 0.29) is 38.1 Å². The van der Waals surface area contributed by atoms with Gasteiger partial charge in [0.1, 0.15) is 0 Å². The van der Waals surface area contributed by atoms with Crippen LogP contribution < -0.4 is 0 Å². The molecule has 11 heavy (non-hydrogen) atoms. The zero-order chi connectivity index (χ0) is 7.61. The molecule has 0 aromatic carbocycles. The van der Waals surface area contributed by atoms with Crippen molar-refractivity contribution < 1.29 is 37.4 Å². The molecule has 0 aliphatic carbocycles. The average Bonchev–Trinajstić information content (AvgIpc) is 1.87. The van der Waals surface area contributed by atoms with Crippen molar-refractivity contribution in [3.05, 3.63) is 12.8 Å². The molecule has 1 rings (SSSR count). The van der Waals surface area contributed by atoms with Gasteiger partial charge >= 0.3 is 0 Å². The minimum Gasteiger partial charge on any atom is -0.386 e. The number of hydrogen-bond acceptors (Lipinski definition) is 1. The molecule has 0 amide bonds. The molecule has 1 heterocycles. The van der Waals surface area contributed by atoms with Crippen LogP contribution in [0.2, 0.25) is 0 Å². The SMILES string of the molecule is [CH2-]C[C-]1CCOCC1(C)C.[Y]. The predicted octanol–water partition coefficient (Wildman–Crippen LogP) is 2.23. The summed E-state index contributed by atoms with van der Waals surface area (Å²) in [7, 11) is 0. The van der Waals surface area contributed by atoms with Crippen molar-refractivity contribution in [1.29, 1.82) is 0 Å². The molecular weight excluding hydrogens is 213 g/mol. The van der Waals surface area contributed by atoms with Gasteiger partial charge in [-0.2, -0.15) is 6.42 Å². The number of rotatable bonds is 1. The fraction of sp³-hybridized carbons (Fsp3) is 0.778. The quantitative estimate of drug-likeness (QED) is 0.626. The standard InChI is InChI=1S/C9H16O.Y/c1-4-8-5-6-10-7-9(8,2)3;/h1,4-7H2,2-3H3;/q-2;. The van der Waals surface area contributed by atoms with Gasteiger partial charge < -0.3 is 24.0 Å². The zero-order valence-electron chi connectivity index (χ0n) is 7.52. The van der Waals surface area contributed by atoms with Crippen molar-refractivity contribution in [2.45, 2.75) is 26.7 Å². The molecule has 1 fully saturated rings. The Hall–Kier alpha value is 1.06. The van der Waals surface area contributed by atoms with Crippen LogP contribution in [0.15, 0.2) is 0 Å². The van der Waals surface area contributed by atoms with Crippen LogP contribution >= 0.6 is 0 Å². The molecule has 0 unspecified atom stereocenters. The van der Waals surface area contributed by atoms with Gasteiger partial charge in [0.05, 0.1) is 0 Å². The summed E-state index contributed by atoms with van der Waals surface area (Å²) in [4.78, 5) is 0. The third-order valence-corrected chi connectivity index (χ3v) is 2.27. The molecule has 2 heteroatoms. The van der Waals surface area contributed by atoms with E-state index in [2.05, 4.69) is 20.8 Å². The van der Waals surface area contributed by atoms with Gasteiger partial charge in [0.15, 0.2) is 0 Å². The van der Waals surface area contributed by atoms with E-state index in [9.17, 15) is 0 Å². The molecule has 0 aromatic heterocycles. The van der Waals surface area contributed by atoms with Gasteiger partial charge in [-0.3, -0.25) is 0 Å². The predicted molar refractivity (Wildman–Crippen MR) is 42.4 cm³/mol. The van der Waals surface area contributed by atoms with Crippen LogP contribution in [0.25, 0.3) is 0 Å². The van der Waals surface area contributed by atoms with Gasteiger partial charge in [-0.1, -0.05) is 13.8 Å². The molecule has 0 aromatic rings. The Morgan fingerprint density at radius 2 is 2.18 bits per heavy atom. The number of hydrogen-bond donors (Lipinski definition) is 0. The molecule has 1 nitrogen and oxygen atoms in total. The molecule has 1 aliphatic rings. The normalized spacial score (nSPS) is 24.3. The topological polar surface area (TPSA) is 9.23 Å². The summed E-state index contributed by atoms with van der Waals surface area (Å²) < 4.78 is 5.37. The molecule has 63 valence electrons. The summed E-state index contributed by atoms with van der Waals surface area (Å²) in [6, 6.07) is 0. The van der Waals surface area contributed by atoms with E-state index in [1.807, 2.05) is 0 Å². The zero-order valence-corrected chi connectivity index (χ0v) is 10.4. The van der Waals surface area contributed by atoms with E-state index in [0.29, 0.717) is 0 Å². The van der Waals surface area contributed by atoms with Gasteiger partial charge in [0, 0.05) is 45.9 Å². The Labute approximate surface area is 95.2 Å². The molecule has 0 bridgehead atoms. The third kappa shape index (κ3) is 3.12. The Morgan fingerprint density at radius 3 is 2.55 bits per heavy atom. The van der Waals surface area contributed by atoms with Gasteiger partial charge in [0.25, 0.3) is 0 Å². The van der Waals surface area contributed by atoms with E-state index in [1.54, 1.807) is 5.92 Å². The first-order valence-corrected chi connectivity index (χ1v) is 3.89. The molecule has 1 aliphatic heterocycles. The Balaban J connectivity index is 0.000001000. The molecule has 0 atom stereocenters. The van der Waals surface area contributed by atoms with Crippen molar-refractivity contribution in [3.8, 4) is 0 Å². The van der Waals surface area contributed by atoms with Crippen molar-refractivity contribution >= 4 is 0 Å². The smallest absolute Gasteiger partial charge is 0.0245 e. The fourth-order valence-corrected chi connectivity index (χ4v) is 1.43. The maximum atomic E-state index is 5.37. The molecule has 1 saturated heterocycles. The van der Waals surface area contributed by atoms with Crippen LogP contribution in [0, 0.1) is 18.3 Å². The number of ether oxygens (including phenoxy) is 1. The van der Waals surface area contributed by atoms with Crippen LogP contribution in [0.1, 0.15) is 26.7 Å². The van der Waals surface area contributed by atoms with E-state index in [1.165, 1.54) is 0 Å². The van der Waals surface area contributed by atoms with Gasteiger partial charge in [-0.05, 0) is 0 Å². The maximum Gasteiger partial charge on any atom is 0.0245 e. The summed E-state index contributed by atoms with van der Waals surface area (Å²) in [6.45, 7) is 10.1. The van der Waals surface area contributed by atoms with Crippen LogP contribution in [0.5, 0.6) is 0 Å². The van der Waals surface area contributed by atoms with E-state index in [4.69, 9.17) is 4.74 Å². The second-order valence-electron chi connectivity index (χ2n) is 3.54. The second kappa shape index (κ2) is 4.94. The van der Waals surface area contributed by atoms with Crippen LogP contribution in [0.4, 0.5) is 0 Å². The van der Waals surface area contributed by atoms with Crippen molar-refractivity contribution in [2.75, 3.05) is 13.2 Å². The summed E-state index contributed by atoms with van der Waals surface area (Å²) >= 11 is 0. The summed E-state index contributed by atoms with van der Waals surface area (Å²) in [5.74, 6) is 1.55. The van der Waals surface area contributed by atoms with Gasteiger partial charge in [-0.15, -0.1) is 5.41 Å². The van der Waals surface area contributed by atoms with E-state index < -0.39 is 0 Å². The van der Waals surface area contributed by atoms with Crippen molar-refractivity contribution in [2.24, 2.45) is 5.41 Å². The summed E-state index contributed by atoms with van der Waals surface area (Å²) in [6.07, 6.45) is 2.08. The molecule has 0 N–H and O–H groups in total. The van der Waals surface area contributed by atoms with E-state index >= 15 is 0 Å². The second-order valence-corrected chi connectivity index (χ2v) is 3.54. The molecule has 0 spiro atoms. The Bertz CT molecular complexity index is 112. The van der Waals surface area contributed by atoms with Gasteiger partial charge in [-0.25, -0.2) is 0 Å². The van der Waals surface area contributed by atoms with Gasteiger partial charge in [0.2, 0.25) is 0 Å². The third-order valence-electron chi connectivity index (χ3n) is 2.27. The first-order chi connectivity index (χ1) is 4.67. The first kappa shape index (κ1) is 12.1. The fourth-order valence-electron chi connectivity index (χ4n) is 1.43. The minimum atomic E-state index is 0. The average molecular weight is 229 g/mol. The first-order valence-electron chi connectivity index (χ1n) is 3.89. The molecule has 1 radical (unpaired) electrons. The van der Waals surface area contributed by atoms with E-state index in [0.717, 1.165) is 26.1 Å². The maximum absolute atomic E-state index is 5.37. The monoisotopic (exact) mass is 229 g/mol.